The average Bonchev–Trinajstić information content (AvgIpc) is 2.60. The van der Waals surface area contributed by atoms with Crippen molar-refractivity contribution in [2.45, 2.75) is 103 Å². The predicted octanol–water partition coefficient (Wildman–Crippen LogP) is 4.81. The van der Waals surface area contributed by atoms with Crippen LogP contribution in [0.15, 0.2) is 24.3 Å². The van der Waals surface area contributed by atoms with Crippen LogP contribution < -0.4 is 0 Å². The lowest BCUT2D eigenvalue weighted by Gasteiger charge is -2.07. The summed E-state index contributed by atoms with van der Waals surface area (Å²) in [6, 6.07) is 0. The predicted molar refractivity (Wildman–Crippen MR) is 119 cm³/mol. The van der Waals surface area contributed by atoms with Gasteiger partial charge in [-0.15, -0.1) is 0 Å². The van der Waals surface area contributed by atoms with E-state index in [1.165, 1.54) is 32.6 Å². The lowest BCUT2D eigenvalue weighted by Crippen LogP contribution is -2.04. The van der Waals surface area contributed by atoms with E-state index in [9.17, 15) is 14.7 Å². The van der Waals surface area contributed by atoms with Gasteiger partial charge in [-0.2, -0.15) is 0 Å². The summed E-state index contributed by atoms with van der Waals surface area (Å²) in [5.74, 6) is -1.62. The van der Waals surface area contributed by atoms with E-state index in [1.54, 1.807) is 0 Å². The van der Waals surface area contributed by atoms with Crippen molar-refractivity contribution < 1.29 is 24.9 Å². The van der Waals surface area contributed by atoms with Crippen molar-refractivity contribution in [3.63, 3.8) is 0 Å². The van der Waals surface area contributed by atoms with Crippen molar-refractivity contribution in [2.75, 3.05) is 0 Å². The van der Waals surface area contributed by atoms with Gasteiger partial charge in [0.05, 0.1) is 6.10 Å². The maximum atomic E-state index is 10.3. The van der Waals surface area contributed by atoms with Crippen molar-refractivity contribution in [3.05, 3.63) is 24.3 Å². The van der Waals surface area contributed by atoms with Crippen LogP contribution in [-0.4, -0.2) is 56.4 Å². The number of carboxylic acid groups (broad SMARTS) is 2. The van der Waals surface area contributed by atoms with E-state index >= 15 is 0 Å². The number of rotatable bonds is 16. The molecule has 0 bridgehead atoms. The van der Waals surface area contributed by atoms with Gasteiger partial charge in [-0.1, -0.05) is 70.6 Å². The van der Waals surface area contributed by atoms with Crippen LogP contribution in [0.4, 0.5) is 0 Å². The summed E-state index contributed by atoms with van der Waals surface area (Å²) in [4.78, 5) is 19.9. The quantitative estimate of drug-likeness (QED) is 0.147. The first-order chi connectivity index (χ1) is 12.8. The molecule has 0 rings (SSSR count). The standard InChI is InChI=1S/C18H34O3.C4H6O2.Mg.2H/c1-2-3-4-11-14-17(19)15-12-9-7-5-6-8-10-13-16-18(20)21;1-3(2)4(5)6;;;/h9,12,17,19H,2-8,10-11,13-16H2,1H3,(H,20,21);1H2,2H3,(H,5,6);;;/b12-9+;;;;. The van der Waals surface area contributed by atoms with E-state index in [-0.39, 0.29) is 34.7 Å². The van der Waals surface area contributed by atoms with E-state index < -0.39 is 11.9 Å². The lowest BCUT2D eigenvalue weighted by atomic mass is 10.1. The molecular formula is C22H42MgO5. The number of carbonyl (C=O) groups is 2. The normalized spacial score (nSPS) is 11.2. The molecule has 0 spiro atoms. The van der Waals surface area contributed by atoms with Gasteiger partial charge in [0.2, 0.25) is 0 Å². The first-order valence-corrected chi connectivity index (χ1v) is 10.2. The Hall–Kier alpha value is -0.854. The first kappa shape index (κ1) is 31.8. The minimum Gasteiger partial charge on any atom is -0.481 e. The van der Waals surface area contributed by atoms with Crippen LogP contribution in [0, 0.1) is 0 Å². The smallest absolute Gasteiger partial charge is 0.330 e. The molecule has 1 atom stereocenters. The molecule has 0 aromatic carbocycles. The minimum atomic E-state index is -0.935. The fourth-order valence-corrected chi connectivity index (χ4v) is 2.36. The zero-order valence-electron chi connectivity index (χ0n) is 17.3. The monoisotopic (exact) mass is 410 g/mol. The highest BCUT2D eigenvalue weighted by Crippen LogP contribution is 2.10. The maximum Gasteiger partial charge on any atom is 0.330 e. The van der Waals surface area contributed by atoms with Gasteiger partial charge < -0.3 is 15.3 Å². The molecule has 5 nitrogen and oxygen atoms in total. The topological polar surface area (TPSA) is 94.8 Å². The zero-order valence-corrected chi connectivity index (χ0v) is 17.3. The van der Waals surface area contributed by atoms with Gasteiger partial charge in [0.1, 0.15) is 0 Å². The van der Waals surface area contributed by atoms with Crippen molar-refractivity contribution in [1.29, 1.82) is 0 Å². The second-order valence-corrected chi connectivity index (χ2v) is 7.00. The molecule has 162 valence electrons. The molecule has 0 aliphatic heterocycles. The Kier molecular flexibility index (Phi) is 27.5. The van der Waals surface area contributed by atoms with Crippen LogP contribution in [0.5, 0.6) is 0 Å². The van der Waals surface area contributed by atoms with Gasteiger partial charge in [0.15, 0.2) is 0 Å². The number of aliphatic carboxylic acids is 2. The molecule has 0 aromatic rings. The highest BCUT2D eigenvalue weighted by atomic mass is 24.3. The summed E-state index contributed by atoms with van der Waals surface area (Å²) in [6.07, 6.45) is 17.4. The maximum absolute atomic E-state index is 10.3. The van der Waals surface area contributed by atoms with Crippen molar-refractivity contribution >= 4 is 35.0 Å². The first-order valence-electron chi connectivity index (χ1n) is 10.2. The van der Waals surface area contributed by atoms with Gasteiger partial charge in [-0.25, -0.2) is 4.79 Å². The largest absolute Gasteiger partial charge is 0.481 e. The molecule has 0 radical (unpaired) electrons. The third-order valence-corrected chi connectivity index (χ3v) is 4.09. The van der Waals surface area contributed by atoms with E-state index in [0.29, 0.717) is 6.42 Å². The van der Waals surface area contributed by atoms with Crippen LogP contribution in [0.25, 0.3) is 0 Å². The Morgan fingerprint density at radius 2 is 1.46 bits per heavy atom. The van der Waals surface area contributed by atoms with Gasteiger partial charge in [0, 0.05) is 12.0 Å². The molecule has 0 saturated heterocycles. The number of carboxylic acids is 2. The Bertz CT molecular complexity index is 409. The van der Waals surface area contributed by atoms with E-state index in [4.69, 9.17) is 10.2 Å². The summed E-state index contributed by atoms with van der Waals surface area (Å²) < 4.78 is 0. The molecule has 1 unspecified atom stereocenters. The summed E-state index contributed by atoms with van der Waals surface area (Å²) in [7, 11) is 0. The highest BCUT2D eigenvalue weighted by Gasteiger charge is 2.00. The van der Waals surface area contributed by atoms with E-state index in [0.717, 1.165) is 51.4 Å². The molecule has 0 aliphatic carbocycles. The highest BCUT2D eigenvalue weighted by molar-refractivity contribution is 5.84. The van der Waals surface area contributed by atoms with Gasteiger partial charge in [-0.3, -0.25) is 4.79 Å². The van der Waals surface area contributed by atoms with Crippen LogP contribution in [0.1, 0.15) is 97.3 Å². The third-order valence-electron chi connectivity index (χ3n) is 4.09. The fraction of sp³-hybridized carbons (Fsp3) is 0.727. The van der Waals surface area contributed by atoms with Crippen molar-refractivity contribution in [1.82, 2.24) is 0 Å². The Labute approximate surface area is 187 Å². The van der Waals surface area contributed by atoms with Gasteiger partial charge in [-0.05, 0) is 39.0 Å². The molecule has 6 heteroatoms. The summed E-state index contributed by atoms with van der Waals surface area (Å²) >= 11 is 0. The summed E-state index contributed by atoms with van der Waals surface area (Å²) in [6.45, 7) is 6.80. The third kappa shape index (κ3) is 29.9. The fourth-order valence-electron chi connectivity index (χ4n) is 2.36. The molecule has 0 amide bonds. The Morgan fingerprint density at radius 3 is 2.00 bits per heavy atom. The molecule has 0 saturated carbocycles. The molecule has 0 heterocycles. The molecular weight excluding hydrogens is 369 g/mol. The SMILES string of the molecule is C=C(C)C(=O)O.CCCCCCC(O)C/C=C/CCCCCCCC(=O)O.[MgH2]. The minimum absolute atomic E-state index is 0. The van der Waals surface area contributed by atoms with Crippen LogP contribution >= 0.6 is 0 Å². The summed E-state index contributed by atoms with van der Waals surface area (Å²) in [5, 5.41) is 26.2. The second-order valence-electron chi connectivity index (χ2n) is 7.00. The lowest BCUT2D eigenvalue weighted by molar-refractivity contribution is -0.137. The van der Waals surface area contributed by atoms with E-state index in [2.05, 4.69) is 25.7 Å². The number of aliphatic hydroxyl groups is 1. The molecule has 0 aliphatic rings. The van der Waals surface area contributed by atoms with Gasteiger partial charge in [0.25, 0.3) is 0 Å². The molecule has 3 N–H and O–H groups in total. The number of aliphatic hydroxyl groups excluding tert-OH is 1. The van der Waals surface area contributed by atoms with Crippen LogP contribution in [0.3, 0.4) is 0 Å². The zero-order chi connectivity index (χ0) is 20.9. The Morgan fingerprint density at radius 1 is 0.929 bits per heavy atom. The number of hydrogen-bond acceptors (Lipinski definition) is 3. The van der Waals surface area contributed by atoms with Crippen molar-refractivity contribution in [2.24, 2.45) is 0 Å². The van der Waals surface area contributed by atoms with Crippen LogP contribution in [-0.2, 0) is 9.59 Å². The number of hydrogen-bond donors (Lipinski definition) is 3. The number of allylic oxidation sites excluding steroid dienone is 1. The Balaban J connectivity index is -0.000000771. The van der Waals surface area contributed by atoms with Crippen LogP contribution in [0.2, 0.25) is 0 Å². The van der Waals surface area contributed by atoms with E-state index in [1.807, 2.05) is 0 Å². The van der Waals surface area contributed by atoms with Crippen molar-refractivity contribution in [3.8, 4) is 0 Å². The average molecular weight is 411 g/mol. The van der Waals surface area contributed by atoms with Gasteiger partial charge >= 0.3 is 35.0 Å². The summed E-state index contributed by atoms with van der Waals surface area (Å²) in [5.41, 5.74) is 0.176. The molecule has 28 heavy (non-hydrogen) atoms. The molecule has 0 aromatic heterocycles. The number of unbranched alkanes of at least 4 members (excludes halogenated alkanes) is 8. The second kappa shape index (κ2) is 24.2. The molecule has 0 fully saturated rings.